The van der Waals surface area contributed by atoms with Gasteiger partial charge in [-0.1, -0.05) is 24.6 Å². The number of aryl methyl sites for hydroxylation is 2. The molecule has 0 spiro atoms. The molecule has 7 nitrogen and oxygen atoms in total. The van der Waals surface area contributed by atoms with Crippen LogP contribution in [-0.2, 0) is 19.6 Å². The van der Waals surface area contributed by atoms with Crippen molar-refractivity contribution in [2.75, 3.05) is 23.3 Å². The van der Waals surface area contributed by atoms with Crippen LogP contribution in [0.25, 0.3) is 0 Å². The second kappa shape index (κ2) is 8.34. The molecule has 1 heterocycles. The molecule has 1 aliphatic heterocycles. The molecule has 3 rings (SSSR count). The standard InChI is InChI=1S/C21H25N3O4S/c1-4-22-29(27,28)18-8-6-17(7-9-18)23-21(26)16-12-20(25)24(13-16)19-10-5-14(2)11-15(19)3/h5-11,16,22H,4,12-13H2,1-3H3,(H,23,26). The Bertz CT molecular complexity index is 1030. The maximum absolute atomic E-state index is 12.6. The molecule has 0 saturated carbocycles. The van der Waals surface area contributed by atoms with Crippen LogP contribution in [0.4, 0.5) is 11.4 Å². The highest BCUT2D eigenvalue weighted by Crippen LogP contribution is 2.29. The molecular formula is C21H25N3O4S. The summed E-state index contributed by atoms with van der Waals surface area (Å²) in [4.78, 5) is 26.9. The Morgan fingerprint density at radius 3 is 2.45 bits per heavy atom. The van der Waals surface area contributed by atoms with E-state index in [2.05, 4.69) is 10.0 Å². The lowest BCUT2D eigenvalue weighted by Gasteiger charge is -2.19. The Labute approximate surface area is 171 Å². The lowest BCUT2D eigenvalue weighted by Crippen LogP contribution is -2.28. The van der Waals surface area contributed by atoms with Gasteiger partial charge in [-0.3, -0.25) is 9.59 Å². The summed E-state index contributed by atoms with van der Waals surface area (Å²) in [5.74, 6) is -0.801. The summed E-state index contributed by atoms with van der Waals surface area (Å²) in [6, 6.07) is 11.8. The van der Waals surface area contributed by atoms with E-state index in [1.54, 1.807) is 24.0 Å². The second-order valence-corrected chi connectivity index (χ2v) is 8.98. The minimum Gasteiger partial charge on any atom is -0.326 e. The Kier molecular flexibility index (Phi) is 6.04. The molecule has 2 N–H and O–H groups in total. The molecule has 0 aliphatic carbocycles. The molecule has 1 aliphatic rings. The van der Waals surface area contributed by atoms with Gasteiger partial charge in [0.05, 0.1) is 10.8 Å². The van der Waals surface area contributed by atoms with Crippen LogP contribution in [0.3, 0.4) is 0 Å². The van der Waals surface area contributed by atoms with Crippen LogP contribution < -0.4 is 14.9 Å². The lowest BCUT2D eigenvalue weighted by molar-refractivity contribution is -0.122. The number of rotatable bonds is 6. The van der Waals surface area contributed by atoms with Gasteiger partial charge in [-0.2, -0.15) is 0 Å². The zero-order valence-corrected chi connectivity index (χ0v) is 17.5. The number of nitrogens with one attached hydrogen (secondary N) is 2. The Hall–Kier alpha value is -2.71. The molecule has 0 radical (unpaired) electrons. The largest absolute Gasteiger partial charge is 0.326 e. The van der Waals surface area contributed by atoms with E-state index in [4.69, 9.17) is 0 Å². The molecule has 2 aromatic carbocycles. The Balaban J connectivity index is 1.68. The molecule has 1 saturated heterocycles. The minimum atomic E-state index is -3.54. The summed E-state index contributed by atoms with van der Waals surface area (Å²) in [5, 5.41) is 2.78. The van der Waals surface area contributed by atoms with E-state index in [-0.39, 0.29) is 23.1 Å². The van der Waals surface area contributed by atoms with Gasteiger partial charge in [0.1, 0.15) is 0 Å². The average Bonchev–Trinajstić information content (AvgIpc) is 3.04. The van der Waals surface area contributed by atoms with E-state index in [1.807, 2.05) is 32.0 Å². The van der Waals surface area contributed by atoms with Gasteiger partial charge in [-0.05, 0) is 49.7 Å². The van der Waals surface area contributed by atoms with Crippen LogP contribution >= 0.6 is 0 Å². The summed E-state index contributed by atoms with van der Waals surface area (Å²) in [6.07, 6.45) is 0.145. The van der Waals surface area contributed by atoms with Crippen LogP contribution in [0.5, 0.6) is 0 Å². The quantitative estimate of drug-likeness (QED) is 0.758. The van der Waals surface area contributed by atoms with Gasteiger partial charge in [0.25, 0.3) is 0 Å². The van der Waals surface area contributed by atoms with Gasteiger partial charge in [0.15, 0.2) is 0 Å². The molecule has 0 bridgehead atoms. The van der Waals surface area contributed by atoms with Crippen LogP contribution in [0.15, 0.2) is 47.4 Å². The van der Waals surface area contributed by atoms with Crippen molar-refractivity contribution < 1.29 is 18.0 Å². The van der Waals surface area contributed by atoms with Crippen LogP contribution in [-0.4, -0.2) is 33.3 Å². The number of carbonyl (C=O) groups excluding carboxylic acids is 2. The molecule has 29 heavy (non-hydrogen) atoms. The third kappa shape index (κ3) is 4.65. The first-order valence-electron chi connectivity index (χ1n) is 9.49. The fourth-order valence-electron chi connectivity index (χ4n) is 3.46. The molecule has 1 atom stereocenters. The minimum absolute atomic E-state index is 0.0795. The van der Waals surface area contributed by atoms with Crippen molar-refractivity contribution in [2.45, 2.75) is 32.1 Å². The molecule has 1 fully saturated rings. The molecule has 8 heteroatoms. The van der Waals surface area contributed by atoms with Crippen molar-refractivity contribution in [1.82, 2.24) is 4.72 Å². The monoisotopic (exact) mass is 415 g/mol. The van der Waals surface area contributed by atoms with Crippen LogP contribution in [0.1, 0.15) is 24.5 Å². The van der Waals surface area contributed by atoms with E-state index in [9.17, 15) is 18.0 Å². The normalized spacial score (nSPS) is 16.9. The fourth-order valence-corrected chi connectivity index (χ4v) is 4.50. The summed E-state index contributed by atoms with van der Waals surface area (Å²) >= 11 is 0. The predicted octanol–water partition coefficient (Wildman–Crippen LogP) is 2.59. The van der Waals surface area contributed by atoms with Crippen molar-refractivity contribution in [1.29, 1.82) is 0 Å². The molecule has 154 valence electrons. The van der Waals surface area contributed by atoms with Crippen LogP contribution in [0.2, 0.25) is 0 Å². The van der Waals surface area contributed by atoms with Crippen LogP contribution in [0, 0.1) is 19.8 Å². The van der Waals surface area contributed by atoms with Gasteiger partial charge in [0.2, 0.25) is 21.8 Å². The number of anilines is 2. The van der Waals surface area contributed by atoms with Crippen molar-refractivity contribution in [2.24, 2.45) is 5.92 Å². The average molecular weight is 416 g/mol. The Morgan fingerprint density at radius 1 is 1.14 bits per heavy atom. The number of nitrogens with zero attached hydrogens (tertiary/aromatic N) is 1. The highest BCUT2D eigenvalue weighted by atomic mass is 32.2. The van der Waals surface area contributed by atoms with Gasteiger partial charge in [-0.25, -0.2) is 13.1 Å². The predicted molar refractivity (Wildman–Crippen MR) is 112 cm³/mol. The maximum Gasteiger partial charge on any atom is 0.240 e. The van der Waals surface area contributed by atoms with E-state index in [1.165, 1.54) is 12.1 Å². The Morgan fingerprint density at radius 2 is 1.83 bits per heavy atom. The zero-order chi connectivity index (χ0) is 21.2. The van der Waals surface area contributed by atoms with Gasteiger partial charge in [0, 0.05) is 30.9 Å². The summed E-state index contributed by atoms with van der Waals surface area (Å²) < 4.78 is 26.4. The third-order valence-electron chi connectivity index (χ3n) is 4.91. The molecule has 0 aromatic heterocycles. The third-order valence-corrected chi connectivity index (χ3v) is 6.47. The first-order chi connectivity index (χ1) is 13.7. The molecule has 2 amide bonds. The second-order valence-electron chi connectivity index (χ2n) is 7.21. The summed E-state index contributed by atoms with van der Waals surface area (Å²) in [6.45, 7) is 6.27. The van der Waals surface area contributed by atoms with Crippen molar-refractivity contribution >= 4 is 33.2 Å². The van der Waals surface area contributed by atoms with Crippen molar-refractivity contribution in [3.05, 3.63) is 53.6 Å². The van der Waals surface area contributed by atoms with Crippen molar-refractivity contribution in [3.63, 3.8) is 0 Å². The van der Waals surface area contributed by atoms with Gasteiger partial charge >= 0.3 is 0 Å². The number of sulfonamides is 1. The molecule has 1 unspecified atom stereocenters. The number of hydrogen-bond donors (Lipinski definition) is 2. The fraction of sp³-hybridized carbons (Fsp3) is 0.333. The smallest absolute Gasteiger partial charge is 0.240 e. The number of hydrogen-bond acceptors (Lipinski definition) is 4. The van der Waals surface area contributed by atoms with Gasteiger partial charge < -0.3 is 10.2 Å². The summed E-state index contributed by atoms with van der Waals surface area (Å²) in [5.41, 5.74) is 3.43. The SMILES string of the molecule is CCNS(=O)(=O)c1ccc(NC(=O)C2CC(=O)N(c3ccc(C)cc3C)C2)cc1. The lowest BCUT2D eigenvalue weighted by atomic mass is 10.1. The highest BCUT2D eigenvalue weighted by molar-refractivity contribution is 7.89. The first-order valence-corrected chi connectivity index (χ1v) is 11.0. The van der Waals surface area contributed by atoms with Crippen molar-refractivity contribution in [3.8, 4) is 0 Å². The number of carbonyl (C=O) groups is 2. The summed E-state index contributed by atoms with van der Waals surface area (Å²) in [7, 11) is -3.54. The van der Waals surface area contributed by atoms with E-state index in [0.717, 1.165) is 16.8 Å². The number of amides is 2. The topological polar surface area (TPSA) is 95.6 Å². The first kappa shape index (κ1) is 21.0. The van der Waals surface area contributed by atoms with E-state index in [0.29, 0.717) is 18.8 Å². The molecular weight excluding hydrogens is 390 g/mol. The number of benzene rings is 2. The highest BCUT2D eigenvalue weighted by Gasteiger charge is 2.35. The zero-order valence-electron chi connectivity index (χ0n) is 16.7. The van der Waals surface area contributed by atoms with E-state index >= 15 is 0 Å². The maximum atomic E-state index is 12.6. The van der Waals surface area contributed by atoms with E-state index < -0.39 is 15.9 Å². The van der Waals surface area contributed by atoms with Gasteiger partial charge in [-0.15, -0.1) is 0 Å². The molecule has 2 aromatic rings.